The minimum Gasteiger partial charge on any atom is -0.267 e. The number of carbonyl (C=O) groups is 1. The Morgan fingerprint density at radius 2 is 1.03 bits per heavy atom. The standard InChI is InChI=1S/C30H24N2O/c33-30(28-20-18-27(19-21-28)26-14-8-3-9-15-26)32-31-29(22-16-24-10-4-1-5-11-24)23-17-25-12-6-2-7-13-25/h1-23H,(H,32,33). The predicted molar refractivity (Wildman–Crippen MR) is 138 cm³/mol. The van der Waals surface area contributed by atoms with Crippen molar-refractivity contribution in [1.82, 2.24) is 5.43 Å². The van der Waals surface area contributed by atoms with E-state index < -0.39 is 0 Å². The molecule has 4 aromatic carbocycles. The van der Waals surface area contributed by atoms with E-state index >= 15 is 0 Å². The van der Waals surface area contributed by atoms with Crippen LogP contribution < -0.4 is 5.43 Å². The van der Waals surface area contributed by atoms with Crippen LogP contribution in [0.25, 0.3) is 23.3 Å². The maximum atomic E-state index is 12.7. The van der Waals surface area contributed by atoms with Crippen molar-refractivity contribution in [1.29, 1.82) is 0 Å². The third-order valence-electron chi connectivity index (χ3n) is 5.03. The summed E-state index contributed by atoms with van der Waals surface area (Å²) in [7, 11) is 0. The fourth-order valence-corrected chi connectivity index (χ4v) is 3.25. The van der Waals surface area contributed by atoms with Gasteiger partial charge in [-0.3, -0.25) is 4.79 Å². The van der Waals surface area contributed by atoms with E-state index in [4.69, 9.17) is 0 Å². The summed E-state index contributed by atoms with van der Waals surface area (Å²) in [5.74, 6) is -0.256. The van der Waals surface area contributed by atoms with Crippen LogP contribution in [0.15, 0.2) is 133 Å². The Morgan fingerprint density at radius 1 is 0.576 bits per heavy atom. The minimum atomic E-state index is -0.256. The second kappa shape index (κ2) is 11.2. The summed E-state index contributed by atoms with van der Waals surface area (Å²) >= 11 is 0. The molecule has 0 aliphatic carbocycles. The van der Waals surface area contributed by atoms with Gasteiger partial charge < -0.3 is 0 Å². The first-order valence-corrected chi connectivity index (χ1v) is 10.8. The second-order valence-corrected chi connectivity index (χ2v) is 7.41. The molecule has 0 saturated heterocycles. The first-order chi connectivity index (χ1) is 16.3. The molecule has 33 heavy (non-hydrogen) atoms. The Hall–Kier alpha value is -4.50. The zero-order valence-electron chi connectivity index (χ0n) is 18.1. The van der Waals surface area contributed by atoms with Gasteiger partial charge in [-0.2, -0.15) is 5.10 Å². The molecular formula is C30H24N2O. The summed E-state index contributed by atoms with van der Waals surface area (Å²) in [5, 5.41) is 4.35. The van der Waals surface area contributed by atoms with Crippen LogP contribution in [-0.2, 0) is 0 Å². The van der Waals surface area contributed by atoms with Gasteiger partial charge in [0.05, 0.1) is 5.71 Å². The van der Waals surface area contributed by atoms with Crippen molar-refractivity contribution in [3.05, 3.63) is 144 Å². The Bertz CT molecular complexity index is 1210. The zero-order valence-corrected chi connectivity index (χ0v) is 18.1. The van der Waals surface area contributed by atoms with Gasteiger partial charge in [-0.15, -0.1) is 0 Å². The highest BCUT2D eigenvalue weighted by Crippen LogP contribution is 2.19. The van der Waals surface area contributed by atoms with Crippen molar-refractivity contribution in [3.8, 4) is 11.1 Å². The number of hydrogen-bond donors (Lipinski definition) is 1. The lowest BCUT2D eigenvalue weighted by atomic mass is 10.0. The molecule has 1 N–H and O–H groups in total. The number of hydrogen-bond acceptors (Lipinski definition) is 2. The molecule has 0 heterocycles. The molecule has 0 aliphatic heterocycles. The summed E-state index contributed by atoms with van der Waals surface area (Å²) < 4.78 is 0. The summed E-state index contributed by atoms with van der Waals surface area (Å²) in [5.41, 5.74) is 8.16. The monoisotopic (exact) mass is 428 g/mol. The molecule has 3 nitrogen and oxygen atoms in total. The summed E-state index contributed by atoms with van der Waals surface area (Å²) in [4.78, 5) is 12.7. The molecule has 0 spiro atoms. The maximum Gasteiger partial charge on any atom is 0.271 e. The number of allylic oxidation sites excluding steroid dienone is 2. The number of nitrogens with zero attached hydrogens (tertiary/aromatic N) is 1. The van der Waals surface area contributed by atoms with Crippen molar-refractivity contribution in [2.24, 2.45) is 5.10 Å². The Balaban J connectivity index is 1.50. The number of rotatable bonds is 7. The van der Waals surface area contributed by atoms with E-state index in [9.17, 15) is 4.79 Å². The molecule has 3 heteroatoms. The quantitative estimate of drug-likeness (QED) is 0.253. The van der Waals surface area contributed by atoms with Gasteiger partial charge in [-0.25, -0.2) is 5.43 Å². The Morgan fingerprint density at radius 3 is 1.55 bits per heavy atom. The number of amides is 1. The molecule has 0 aromatic heterocycles. The largest absolute Gasteiger partial charge is 0.271 e. The Kier molecular flexibility index (Phi) is 7.38. The van der Waals surface area contributed by atoms with Crippen LogP contribution in [0.5, 0.6) is 0 Å². The van der Waals surface area contributed by atoms with Gasteiger partial charge >= 0.3 is 0 Å². The van der Waals surface area contributed by atoms with Crippen LogP contribution in [0.3, 0.4) is 0 Å². The number of nitrogens with one attached hydrogen (secondary N) is 1. The van der Waals surface area contributed by atoms with Gasteiger partial charge in [0.15, 0.2) is 0 Å². The fraction of sp³-hybridized carbons (Fsp3) is 0. The van der Waals surface area contributed by atoms with E-state index in [1.165, 1.54) is 0 Å². The van der Waals surface area contributed by atoms with Gasteiger partial charge in [-0.1, -0.05) is 115 Å². The molecular weight excluding hydrogens is 404 g/mol. The summed E-state index contributed by atoms with van der Waals surface area (Å²) in [6.07, 6.45) is 7.70. The molecule has 0 atom stereocenters. The highest BCUT2D eigenvalue weighted by Gasteiger charge is 2.05. The first kappa shape index (κ1) is 21.7. The number of carbonyl (C=O) groups excluding carboxylic acids is 1. The van der Waals surface area contributed by atoms with Crippen LogP contribution in [0.1, 0.15) is 21.5 Å². The molecule has 160 valence electrons. The molecule has 0 fully saturated rings. The summed E-state index contributed by atoms with van der Waals surface area (Å²) in [6.45, 7) is 0. The highest BCUT2D eigenvalue weighted by atomic mass is 16.2. The summed E-state index contributed by atoms with van der Waals surface area (Å²) in [6, 6.07) is 37.5. The molecule has 0 unspecified atom stereocenters. The lowest BCUT2D eigenvalue weighted by Gasteiger charge is -2.04. The van der Waals surface area contributed by atoms with E-state index in [-0.39, 0.29) is 5.91 Å². The molecule has 4 aromatic rings. The SMILES string of the molecule is O=C(NN=C(C=Cc1ccccc1)C=Cc1ccccc1)c1ccc(-c2ccccc2)cc1. The lowest BCUT2D eigenvalue weighted by molar-refractivity contribution is 0.0955. The van der Waals surface area contributed by atoms with Crippen molar-refractivity contribution >= 4 is 23.8 Å². The zero-order chi connectivity index (χ0) is 22.7. The normalized spacial score (nSPS) is 10.9. The average Bonchev–Trinajstić information content (AvgIpc) is 2.90. The molecule has 4 rings (SSSR count). The second-order valence-electron chi connectivity index (χ2n) is 7.41. The van der Waals surface area contributed by atoms with Crippen LogP contribution >= 0.6 is 0 Å². The van der Waals surface area contributed by atoms with E-state index in [2.05, 4.69) is 10.5 Å². The van der Waals surface area contributed by atoms with E-state index in [0.717, 1.165) is 22.3 Å². The van der Waals surface area contributed by atoms with Crippen molar-refractivity contribution in [2.75, 3.05) is 0 Å². The van der Waals surface area contributed by atoms with Gasteiger partial charge in [0.1, 0.15) is 0 Å². The van der Waals surface area contributed by atoms with Gasteiger partial charge in [0.2, 0.25) is 0 Å². The highest BCUT2D eigenvalue weighted by molar-refractivity contribution is 6.09. The first-order valence-electron chi connectivity index (χ1n) is 10.8. The predicted octanol–water partition coefficient (Wildman–Crippen LogP) is 6.87. The van der Waals surface area contributed by atoms with E-state index in [0.29, 0.717) is 11.3 Å². The average molecular weight is 429 g/mol. The number of benzene rings is 4. The third-order valence-corrected chi connectivity index (χ3v) is 5.03. The van der Waals surface area contributed by atoms with E-state index in [1.807, 2.05) is 140 Å². The number of hydrazone groups is 1. The van der Waals surface area contributed by atoms with Gasteiger partial charge in [0, 0.05) is 5.56 Å². The lowest BCUT2D eigenvalue weighted by Crippen LogP contribution is -2.18. The maximum absolute atomic E-state index is 12.7. The van der Waals surface area contributed by atoms with Crippen molar-refractivity contribution in [2.45, 2.75) is 0 Å². The van der Waals surface area contributed by atoms with Crippen molar-refractivity contribution < 1.29 is 4.79 Å². The van der Waals surface area contributed by atoms with Crippen molar-refractivity contribution in [3.63, 3.8) is 0 Å². The van der Waals surface area contributed by atoms with Crippen LogP contribution in [0.4, 0.5) is 0 Å². The molecule has 0 saturated carbocycles. The fourth-order valence-electron chi connectivity index (χ4n) is 3.25. The molecule has 0 bridgehead atoms. The Labute approximate surface area is 194 Å². The minimum absolute atomic E-state index is 0.256. The third kappa shape index (κ3) is 6.49. The van der Waals surface area contributed by atoms with Crippen LogP contribution in [0.2, 0.25) is 0 Å². The smallest absolute Gasteiger partial charge is 0.267 e. The molecule has 1 amide bonds. The topological polar surface area (TPSA) is 41.5 Å². The van der Waals surface area contributed by atoms with Crippen LogP contribution in [-0.4, -0.2) is 11.6 Å². The molecule has 0 aliphatic rings. The van der Waals surface area contributed by atoms with Gasteiger partial charge in [0.25, 0.3) is 5.91 Å². The van der Waals surface area contributed by atoms with E-state index in [1.54, 1.807) is 0 Å². The molecule has 0 radical (unpaired) electrons. The van der Waals surface area contributed by atoms with Crippen LogP contribution in [0, 0.1) is 0 Å². The van der Waals surface area contributed by atoms with Gasteiger partial charge in [-0.05, 0) is 46.5 Å².